The summed E-state index contributed by atoms with van der Waals surface area (Å²) in [6.45, 7) is 2.65. The van der Waals surface area contributed by atoms with Crippen LogP contribution in [0.25, 0.3) is 16.6 Å². The molecule has 0 unspecified atom stereocenters. The maximum atomic E-state index is 15.3. The number of hydrogen-bond acceptors (Lipinski definition) is 5. The highest BCUT2D eigenvalue weighted by Gasteiger charge is 2.33. The van der Waals surface area contributed by atoms with Crippen LogP contribution >= 0.6 is 0 Å². The second-order valence-corrected chi connectivity index (χ2v) is 9.59. The van der Waals surface area contributed by atoms with Gasteiger partial charge in [0.15, 0.2) is 0 Å². The van der Waals surface area contributed by atoms with Gasteiger partial charge in [0, 0.05) is 24.7 Å². The summed E-state index contributed by atoms with van der Waals surface area (Å²) in [5.74, 6) is -0.404. The molecule has 2 amide bonds. The molecule has 35 heavy (non-hydrogen) atoms. The Morgan fingerprint density at radius 3 is 2.89 bits per heavy atom. The van der Waals surface area contributed by atoms with Crippen molar-refractivity contribution in [2.45, 2.75) is 38.6 Å². The normalized spacial score (nSPS) is 20.2. The lowest BCUT2D eigenvalue weighted by molar-refractivity contribution is -0.116. The van der Waals surface area contributed by atoms with E-state index in [1.165, 1.54) is 6.07 Å². The topological polar surface area (TPSA) is 106 Å². The molecule has 0 spiro atoms. The minimum absolute atomic E-state index is 0.00314. The van der Waals surface area contributed by atoms with Gasteiger partial charge in [0.2, 0.25) is 5.91 Å². The predicted molar refractivity (Wildman–Crippen MR) is 130 cm³/mol. The number of rotatable bonds is 2. The van der Waals surface area contributed by atoms with Crippen LogP contribution in [0.2, 0.25) is 0 Å². The van der Waals surface area contributed by atoms with E-state index in [0.29, 0.717) is 41.9 Å². The highest BCUT2D eigenvalue weighted by Crippen LogP contribution is 2.37. The van der Waals surface area contributed by atoms with Crippen molar-refractivity contribution >= 4 is 39.9 Å². The number of nitrogen functional groups attached to an aromatic ring is 1. The number of carbonyl (C=O) groups is 2. The van der Waals surface area contributed by atoms with Crippen molar-refractivity contribution in [3.05, 3.63) is 65.4 Å². The SMILES string of the molecule is C[C@H]1CC[C@H](c2ccc3c(c2)CCC(=O)N3)N(C(=O)c2cc3c(cc2F)nc(N)c2cncn23)C1. The molecule has 2 aliphatic heterocycles. The summed E-state index contributed by atoms with van der Waals surface area (Å²) in [5, 5.41) is 2.91. The Bertz CT molecular complexity index is 1510. The molecule has 2 aromatic heterocycles. The number of imidazole rings is 1. The van der Waals surface area contributed by atoms with Gasteiger partial charge >= 0.3 is 0 Å². The number of fused-ring (bicyclic) bond motifs is 4. The minimum Gasteiger partial charge on any atom is -0.382 e. The van der Waals surface area contributed by atoms with Gasteiger partial charge in [-0.25, -0.2) is 14.4 Å². The average molecular weight is 473 g/mol. The molecule has 3 N–H and O–H groups in total. The highest BCUT2D eigenvalue weighted by molar-refractivity contribution is 5.99. The monoisotopic (exact) mass is 472 g/mol. The standard InChI is InChI=1S/C26H25FN6O2/c1-14-2-6-21(16-3-5-19-15(8-16)4-7-24(34)30-19)32(12-14)26(35)17-9-22-20(10-18(17)27)31-25(28)23-11-29-13-33(22)23/h3,5,8-11,13-14,21H,2,4,6-7,12H2,1H3,(H2,28,31)(H,30,34)/t14-,21+/m0/s1. The molecule has 0 bridgehead atoms. The Labute approximate surface area is 201 Å². The first kappa shape index (κ1) is 21.5. The molecule has 0 saturated carbocycles. The van der Waals surface area contributed by atoms with Crippen LogP contribution in [0.5, 0.6) is 0 Å². The van der Waals surface area contributed by atoms with Gasteiger partial charge in [-0.1, -0.05) is 19.1 Å². The molecule has 2 aliphatic rings. The van der Waals surface area contributed by atoms with Crippen LogP contribution in [0.15, 0.2) is 42.9 Å². The molecule has 2 aromatic carbocycles. The third kappa shape index (κ3) is 3.58. The fourth-order valence-corrected chi connectivity index (χ4v) is 5.35. The quantitative estimate of drug-likeness (QED) is 0.457. The lowest BCUT2D eigenvalue weighted by Gasteiger charge is -2.39. The van der Waals surface area contributed by atoms with Crippen molar-refractivity contribution in [3.63, 3.8) is 0 Å². The summed E-state index contributed by atoms with van der Waals surface area (Å²) in [6, 6.07) is 8.59. The zero-order chi connectivity index (χ0) is 24.3. The van der Waals surface area contributed by atoms with Crippen molar-refractivity contribution < 1.29 is 14.0 Å². The zero-order valence-electron chi connectivity index (χ0n) is 19.3. The number of halogens is 1. The molecule has 1 fully saturated rings. The molecule has 6 rings (SSSR count). The lowest BCUT2D eigenvalue weighted by Crippen LogP contribution is -2.42. The molecule has 1 saturated heterocycles. The molecular formula is C26H25FN6O2. The van der Waals surface area contributed by atoms with E-state index in [1.54, 1.807) is 27.9 Å². The van der Waals surface area contributed by atoms with E-state index in [2.05, 4.69) is 28.3 Å². The van der Waals surface area contributed by atoms with Gasteiger partial charge in [-0.2, -0.15) is 0 Å². The molecule has 4 aromatic rings. The van der Waals surface area contributed by atoms with E-state index in [1.807, 2.05) is 12.1 Å². The average Bonchev–Trinajstić information content (AvgIpc) is 3.34. The van der Waals surface area contributed by atoms with Crippen LogP contribution < -0.4 is 11.1 Å². The number of amides is 2. The molecule has 0 radical (unpaired) electrons. The Morgan fingerprint density at radius 1 is 1.17 bits per heavy atom. The number of carbonyl (C=O) groups excluding carboxylic acids is 2. The predicted octanol–water partition coefficient (Wildman–Crippen LogP) is 4.10. The maximum absolute atomic E-state index is 15.3. The minimum atomic E-state index is -0.626. The van der Waals surface area contributed by atoms with Crippen molar-refractivity contribution in [1.29, 1.82) is 0 Å². The number of piperidine rings is 1. The van der Waals surface area contributed by atoms with E-state index >= 15 is 4.39 Å². The number of benzene rings is 2. The number of aryl methyl sites for hydroxylation is 1. The van der Waals surface area contributed by atoms with Gasteiger partial charge in [-0.05, 0) is 48.4 Å². The summed E-state index contributed by atoms with van der Waals surface area (Å²) < 4.78 is 17.0. The molecule has 2 atom stereocenters. The van der Waals surface area contributed by atoms with Crippen molar-refractivity contribution in [3.8, 4) is 0 Å². The molecule has 0 aliphatic carbocycles. The molecule has 8 nitrogen and oxygen atoms in total. The summed E-state index contributed by atoms with van der Waals surface area (Å²) >= 11 is 0. The van der Waals surface area contributed by atoms with E-state index < -0.39 is 5.82 Å². The fourth-order valence-electron chi connectivity index (χ4n) is 5.35. The third-order valence-electron chi connectivity index (χ3n) is 7.18. The molecule has 9 heteroatoms. The largest absolute Gasteiger partial charge is 0.382 e. The zero-order valence-corrected chi connectivity index (χ0v) is 19.3. The van der Waals surface area contributed by atoms with Gasteiger partial charge in [-0.15, -0.1) is 0 Å². The van der Waals surface area contributed by atoms with Gasteiger partial charge in [0.05, 0.1) is 35.2 Å². The molecule has 178 valence electrons. The summed E-state index contributed by atoms with van der Waals surface area (Å²) in [7, 11) is 0. The van der Waals surface area contributed by atoms with Crippen LogP contribution in [0.3, 0.4) is 0 Å². The molecular weight excluding hydrogens is 447 g/mol. The van der Waals surface area contributed by atoms with E-state index in [0.717, 1.165) is 29.7 Å². The number of nitrogens with two attached hydrogens (primary N) is 1. The Balaban J connectivity index is 1.41. The summed E-state index contributed by atoms with van der Waals surface area (Å²) in [4.78, 5) is 35.8. The van der Waals surface area contributed by atoms with Gasteiger partial charge < -0.3 is 16.0 Å². The van der Waals surface area contributed by atoms with Crippen molar-refractivity contribution in [2.75, 3.05) is 17.6 Å². The number of anilines is 2. The second kappa shape index (κ2) is 8.04. The van der Waals surface area contributed by atoms with Crippen molar-refractivity contribution in [1.82, 2.24) is 19.3 Å². The maximum Gasteiger partial charge on any atom is 0.257 e. The van der Waals surface area contributed by atoms with E-state index in [4.69, 9.17) is 5.73 Å². The first-order chi connectivity index (χ1) is 16.9. The Hall–Kier alpha value is -4.01. The van der Waals surface area contributed by atoms with Crippen molar-refractivity contribution in [2.24, 2.45) is 5.92 Å². The lowest BCUT2D eigenvalue weighted by atomic mass is 9.87. The Morgan fingerprint density at radius 2 is 2.03 bits per heavy atom. The van der Waals surface area contributed by atoms with Gasteiger partial charge in [0.25, 0.3) is 5.91 Å². The van der Waals surface area contributed by atoms with Crippen LogP contribution in [0.4, 0.5) is 15.9 Å². The smallest absolute Gasteiger partial charge is 0.257 e. The van der Waals surface area contributed by atoms with Gasteiger partial charge in [0.1, 0.15) is 17.2 Å². The first-order valence-corrected chi connectivity index (χ1v) is 11.8. The number of hydrogen-bond donors (Lipinski definition) is 2. The van der Waals surface area contributed by atoms with Gasteiger partial charge in [-0.3, -0.25) is 14.0 Å². The summed E-state index contributed by atoms with van der Waals surface area (Å²) in [5.41, 5.74) is 10.4. The fraction of sp³-hybridized carbons (Fsp3) is 0.308. The van der Waals surface area contributed by atoms with E-state index in [-0.39, 0.29) is 29.2 Å². The third-order valence-corrected chi connectivity index (χ3v) is 7.18. The summed E-state index contributed by atoms with van der Waals surface area (Å²) in [6.07, 6.45) is 6.05. The number of nitrogens with one attached hydrogen (secondary N) is 1. The second-order valence-electron chi connectivity index (χ2n) is 9.59. The van der Waals surface area contributed by atoms with Crippen LogP contribution in [0, 0.1) is 11.7 Å². The van der Waals surface area contributed by atoms with Crippen LogP contribution in [-0.4, -0.2) is 37.6 Å². The van der Waals surface area contributed by atoms with Crippen LogP contribution in [0.1, 0.15) is 53.7 Å². The molecule has 4 heterocycles. The Kier molecular flexibility index (Phi) is 4.94. The first-order valence-electron chi connectivity index (χ1n) is 11.8. The number of nitrogens with zero attached hydrogens (tertiary/aromatic N) is 4. The number of aromatic nitrogens is 3. The highest BCUT2D eigenvalue weighted by atomic mass is 19.1. The van der Waals surface area contributed by atoms with Crippen LogP contribution in [-0.2, 0) is 11.2 Å². The number of likely N-dealkylation sites (tertiary alicyclic amines) is 1. The van der Waals surface area contributed by atoms with E-state index in [9.17, 15) is 9.59 Å².